The number of benzene rings is 1. The molecular weight excluding hydrogens is 276 g/mol. The van der Waals surface area contributed by atoms with E-state index in [2.05, 4.69) is 44.7 Å². The van der Waals surface area contributed by atoms with Gasteiger partial charge in [-0.25, -0.2) is 0 Å². The largest absolute Gasteiger partial charge is 0.298 e. The minimum absolute atomic E-state index is 0.0752. The Morgan fingerprint density at radius 2 is 1.95 bits per heavy atom. The molecule has 0 aromatic heterocycles. The molecule has 2 saturated carbocycles. The van der Waals surface area contributed by atoms with Crippen LogP contribution in [-0.4, -0.2) is 10.5 Å². The van der Waals surface area contributed by atoms with Crippen LogP contribution < -0.4 is 0 Å². The third-order valence-electron chi connectivity index (χ3n) is 6.10. The average Bonchev–Trinajstić information content (AvgIpc) is 2.82. The highest BCUT2D eigenvalue weighted by molar-refractivity contribution is 8.01. The van der Waals surface area contributed by atoms with Crippen LogP contribution in [0, 0.1) is 10.8 Å². The number of hydrogen-bond acceptors (Lipinski definition) is 2. The first-order valence-corrected chi connectivity index (χ1v) is 8.67. The highest BCUT2D eigenvalue weighted by Gasteiger charge is 2.68. The monoisotopic (exact) mass is 300 g/mol. The molecule has 2 aliphatic rings. The van der Waals surface area contributed by atoms with Crippen molar-refractivity contribution >= 4 is 17.5 Å². The van der Waals surface area contributed by atoms with Crippen molar-refractivity contribution in [2.24, 2.45) is 10.8 Å². The molecule has 0 radical (unpaired) electrons. The molecule has 112 valence electrons. The Labute approximate surface area is 132 Å². The van der Waals surface area contributed by atoms with Gasteiger partial charge >= 0.3 is 0 Å². The minimum Gasteiger partial charge on any atom is -0.298 e. The van der Waals surface area contributed by atoms with Crippen LogP contribution in [0.2, 0.25) is 0 Å². The number of ketones is 1. The maximum atomic E-state index is 13.0. The number of fused-ring (bicyclic) bond motifs is 1. The molecule has 21 heavy (non-hydrogen) atoms. The molecule has 0 saturated heterocycles. The third-order valence-corrected chi connectivity index (χ3v) is 7.80. The van der Waals surface area contributed by atoms with Crippen LogP contribution in [-0.2, 0) is 4.79 Å². The number of hydrogen-bond donors (Lipinski definition) is 0. The fraction of sp³-hybridized carbons (Fsp3) is 0.526. The summed E-state index contributed by atoms with van der Waals surface area (Å²) in [5.74, 6) is 0.431. The van der Waals surface area contributed by atoms with Crippen molar-refractivity contribution in [1.82, 2.24) is 0 Å². The summed E-state index contributed by atoms with van der Waals surface area (Å²) in [6.45, 7) is 8.63. The second kappa shape index (κ2) is 5.01. The fourth-order valence-corrected chi connectivity index (χ4v) is 6.29. The highest BCUT2D eigenvalue weighted by Crippen LogP contribution is 2.70. The van der Waals surface area contributed by atoms with Crippen LogP contribution in [0.25, 0.3) is 0 Å². The maximum Gasteiger partial charge on any atom is 0.150 e. The van der Waals surface area contributed by atoms with E-state index in [0.29, 0.717) is 5.78 Å². The summed E-state index contributed by atoms with van der Waals surface area (Å²) in [5, 5.41) is 0. The van der Waals surface area contributed by atoms with E-state index >= 15 is 0 Å². The Hall–Kier alpha value is -1.02. The topological polar surface area (TPSA) is 17.1 Å². The normalized spacial score (nSPS) is 38.5. The first-order valence-electron chi connectivity index (χ1n) is 7.86. The molecule has 1 nitrogen and oxygen atoms in total. The Bertz CT molecular complexity index is 566. The smallest absolute Gasteiger partial charge is 0.150 e. The van der Waals surface area contributed by atoms with Gasteiger partial charge in [-0.3, -0.25) is 4.79 Å². The van der Waals surface area contributed by atoms with Gasteiger partial charge in [0.25, 0.3) is 0 Å². The van der Waals surface area contributed by atoms with E-state index in [1.54, 1.807) is 11.8 Å². The zero-order valence-electron chi connectivity index (χ0n) is 13.0. The lowest BCUT2D eigenvalue weighted by Crippen LogP contribution is -2.46. The summed E-state index contributed by atoms with van der Waals surface area (Å²) in [6, 6.07) is 10.4. The van der Waals surface area contributed by atoms with Gasteiger partial charge in [0.2, 0.25) is 0 Å². The van der Waals surface area contributed by atoms with Gasteiger partial charge in [-0.2, -0.15) is 0 Å². The summed E-state index contributed by atoms with van der Waals surface area (Å²) >= 11 is 1.78. The van der Waals surface area contributed by atoms with Gasteiger partial charge < -0.3 is 0 Å². The lowest BCUT2D eigenvalue weighted by Gasteiger charge is -2.45. The van der Waals surface area contributed by atoms with Crippen molar-refractivity contribution in [2.45, 2.75) is 55.6 Å². The highest BCUT2D eigenvalue weighted by atomic mass is 32.2. The number of Topliss-reactive ketones (excluding diaryl/α,β-unsaturated/α-hetero) is 1. The van der Waals surface area contributed by atoms with Crippen LogP contribution in [0.4, 0.5) is 0 Å². The molecule has 3 atom stereocenters. The van der Waals surface area contributed by atoms with Gasteiger partial charge in [-0.1, -0.05) is 44.5 Å². The maximum absolute atomic E-state index is 13.0. The average molecular weight is 300 g/mol. The Balaban J connectivity index is 2.07. The number of rotatable bonds is 4. The number of allylic oxidation sites excluding steroid dienone is 1. The SMILES string of the molecule is C=CC[C@@]1(Sc2ccccc2)C(=O)C[C@]2(C)CCC[C@@]21C. The second-order valence-corrected chi connectivity index (χ2v) is 8.45. The molecule has 0 heterocycles. The van der Waals surface area contributed by atoms with Gasteiger partial charge in [-0.05, 0) is 42.2 Å². The first-order chi connectivity index (χ1) is 9.97. The molecule has 2 heteroatoms. The van der Waals surface area contributed by atoms with Crippen molar-refractivity contribution in [3.05, 3.63) is 43.0 Å². The van der Waals surface area contributed by atoms with Crippen molar-refractivity contribution in [1.29, 1.82) is 0 Å². The van der Waals surface area contributed by atoms with Crippen LogP contribution in [0.1, 0.15) is 46.0 Å². The lowest BCUT2D eigenvalue weighted by molar-refractivity contribution is -0.120. The Kier molecular flexibility index (Phi) is 3.56. The summed E-state index contributed by atoms with van der Waals surface area (Å²) in [7, 11) is 0. The van der Waals surface area contributed by atoms with E-state index < -0.39 is 0 Å². The molecule has 3 rings (SSSR count). The lowest BCUT2D eigenvalue weighted by atomic mass is 9.65. The molecule has 0 amide bonds. The molecule has 1 aromatic rings. The molecule has 0 bridgehead atoms. The number of carbonyl (C=O) groups is 1. The standard InChI is InChI=1S/C19H24OS/c1-4-11-19(21-15-9-6-5-7-10-15)16(20)14-17(2)12-8-13-18(17,19)3/h4-7,9-10H,1,8,11-14H2,2-3H3/t17-,18-,19+/m0/s1. The van der Waals surface area contributed by atoms with Gasteiger partial charge in [0, 0.05) is 11.3 Å². The second-order valence-electron chi connectivity index (χ2n) is 7.08. The summed E-state index contributed by atoms with van der Waals surface area (Å²) < 4.78 is -0.332. The molecule has 0 aliphatic heterocycles. The molecule has 1 aromatic carbocycles. The van der Waals surface area contributed by atoms with Crippen molar-refractivity contribution in [3.8, 4) is 0 Å². The van der Waals surface area contributed by atoms with Gasteiger partial charge in [0.05, 0.1) is 4.75 Å². The van der Waals surface area contributed by atoms with E-state index in [0.717, 1.165) is 19.3 Å². The number of carbonyl (C=O) groups excluding carboxylic acids is 1. The van der Waals surface area contributed by atoms with E-state index in [-0.39, 0.29) is 15.6 Å². The van der Waals surface area contributed by atoms with Crippen LogP contribution in [0.15, 0.2) is 47.9 Å². The minimum atomic E-state index is -0.332. The summed E-state index contributed by atoms with van der Waals surface area (Å²) in [5.41, 5.74) is 0.237. The van der Waals surface area contributed by atoms with Crippen LogP contribution in [0.3, 0.4) is 0 Å². The van der Waals surface area contributed by atoms with Crippen molar-refractivity contribution in [2.75, 3.05) is 0 Å². The fourth-order valence-electron chi connectivity index (χ4n) is 4.63. The van der Waals surface area contributed by atoms with E-state index in [1.165, 1.54) is 17.7 Å². The van der Waals surface area contributed by atoms with Gasteiger partial charge in [0.1, 0.15) is 0 Å². The molecule has 2 aliphatic carbocycles. The quantitative estimate of drug-likeness (QED) is 0.705. The van der Waals surface area contributed by atoms with Gasteiger partial charge in [0.15, 0.2) is 5.78 Å². The molecule has 0 spiro atoms. The summed E-state index contributed by atoms with van der Waals surface area (Å²) in [4.78, 5) is 14.2. The van der Waals surface area contributed by atoms with E-state index in [4.69, 9.17) is 0 Å². The predicted octanol–water partition coefficient (Wildman–Crippen LogP) is 5.26. The zero-order chi connectivity index (χ0) is 15.1. The Morgan fingerprint density at radius 1 is 1.24 bits per heavy atom. The Morgan fingerprint density at radius 3 is 2.62 bits per heavy atom. The molecule has 2 fully saturated rings. The van der Waals surface area contributed by atoms with E-state index in [1.807, 2.05) is 12.1 Å². The summed E-state index contributed by atoms with van der Waals surface area (Å²) in [6.07, 6.45) is 7.04. The predicted molar refractivity (Wildman–Crippen MR) is 89.5 cm³/mol. The molecule has 0 unspecified atom stereocenters. The molecule has 0 N–H and O–H groups in total. The molecular formula is C19H24OS. The van der Waals surface area contributed by atoms with Crippen molar-refractivity contribution < 1.29 is 4.79 Å². The van der Waals surface area contributed by atoms with Crippen molar-refractivity contribution in [3.63, 3.8) is 0 Å². The third kappa shape index (κ3) is 1.95. The van der Waals surface area contributed by atoms with Crippen LogP contribution >= 0.6 is 11.8 Å². The zero-order valence-corrected chi connectivity index (χ0v) is 13.8. The first kappa shape index (κ1) is 14.9. The van der Waals surface area contributed by atoms with Gasteiger partial charge in [-0.15, -0.1) is 18.3 Å². The number of thioether (sulfide) groups is 1. The van der Waals surface area contributed by atoms with Crippen LogP contribution in [0.5, 0.6) is 0 Å². The van der Waals surface area contributed by atoms with E-state index in [9.17, 15) is 4.79 Å².